The number of aromatic carboxylic acids is 1. The molecule has 0 heterocycles. The normalized spacial score (nSPS) is 12.4. The van der Waals surface area contributed by atoms with Crippen LogP contribution in [0.5, 0.6) is 5.75 Å². The number of carboxylic acids is 1. The van der Waals surface area contributed by atoms with E-state index in [4.69, 9.17) is 16.3 Å². The molecule has 7 heteroatoms. The van der Waals surface area contributed by atoms with Crippen LogP contribution in [0, 0.1) is 12.3 Å². The minimum atomic E-state index is -3.84. The smallest absolute Gasteiger partial charge is 0.339 e. The zero-order valence-electron chi connectivity index (χ0n) is 11.8. The number of sulfonamides is 1. The van der Waals surface area contributed by atoms with Crippen molar-refractivity contribution in [2.75, 3.05) is 7.11 Å². The van der Waals surface area contributed by atoms with Crippen LogP contribution < -0.4 is 9.46 Å². The first-order valence-corrected chi connectivity index (χ1v) is 7.71. The van der Waals surface area contributed by atoms with Crippen molar-refractivity contribution in [2.24, 2.45) is 0 Å². The van der Waals surface area contributed by atoms with Gasteiger partial charge >= 0.3 is 5.97 Å². The van der Waals surface area contributed by atoms with Gasteiger partial charge in [-0.05, 0) is 24.6 Å². The Balaban J connectivity index is 3.17. The third kappa shape index (κ3) is 4.21. The second-order valence-electron chi connectivity index (χ2n) is 4.30. The van der Waals surface area contributed by atoms with Crippen LogP contribution in [0.25, 0.3) is 0 Å². The summed E-state index contributed by atoms with van der Waals surface area (Å²) in [5.74, 6) is 1.23. The Morgan fingerprint density at radius 3 is 2.67 bits per heavy atom. The highest BCUT2D eigenvalue weighted by Crippen LogP contribution is 2.22. The number of carbonyl (C=O) groups is 1. The number of hydrogen-bond donors (Lipinski definition) is 2. The molecule has 0 aromatic heterocycles. The Bertz CT molecular complexity index is 660. The van der Waals surface area contributed by atoms with Gasteiger partial charge in [0.2, 0.25) is 10.0 Å². The fourth-order valence-corrected chi connectivity index (χ4v) is 3.07. The monoisotopic (exact) mass is 311 g/mol. The summed E-state index contributed by atoms with van der Waals surface area (Å²) in [5, 5.41) is 9.08. The molecule has 0 radical (unpaired) electrons. The molecular formula is C14H17NO5S. The Morgan fingerprint density at radius 2 is 2.19 bits per heavy atom. The molecular weight excluding hydrogens is 294 g/mol. The minimum absolute atomic E-state index is 0.0946. The summed E-state index contributed by atoms with van der Waals surface area (Å²) in [6, 6.07) is 3.26. The molecule has 6 nitrogen and oxygen atoms in total. The highest BCUT2D eigenvalue weighted by atomic mass is 32.2. The first-order chi connectivity index (χ1) is 9.85. The summed E-state index contributed by atoms with van der Waals surface area (Å²) in [4.78, 5) is 11.0. The number of hydrogen-bond acceptors (Lipinski definition) is 4. The third-order valence-corrected chi connectivity index (χ3v) is 4.41. The van der Waals surface area contributed by atoms with E-state index in [0.29, 0.717) is 6.42 Å². The lowest BCUT2D eigenvalue weighted by Crippen LogP contribution is -2.34. The van der Waals surface area contributed by atoms with Crippen LogP contribution in [0.15, 0.2) is 23.1 Å². The molecule has 1 unspecified atom stereocenters. The molecule has 1 aromatic carbocycles. The lowest BCUT2D eigenvalue weighted by molar-refractivity contribution is 0.0693. The van der Waals surface area contributed by atoms with Gasteiger partial charge in [0.15, 0.2) is 0 Å². The fourth-order valence-electron chi connectivity index (χ4n) is 1.72. The quantitative estimate of drug-likeness (QED) is 0.744. The molecule has 1 aromatic rings. The van der Waals surface area contributed by atoms with Crippen LogP contribution >= 0.6 is 0 Å². The van der Waals surface area contributed by atoms with Crippen molar-refractivity contribution in [2.45, 2.75) is 30.7 Å². The van der Waals surface area contributed by atoms with Crippen LogP contribution in [-0.4, -0.2) is 32.6 Å². The Morgan fingerprint density at radius 1 is 1.52 bits per heavy atom. The van der Waals surface area contributed by atoms with Crippen molar-refractivity contribution in [1.82, 2.24) is 4.72 Å². The Kier molecular flexibility index (Phi) is 5.76. The van der Waals surface area contributed by atoms with Crippen molar-refractivity contribution in [3.63, 3.8) is 0 Å². The number of benzene rings is 1. The van der Waals surface area contributed by atoms with Gasteiger partial charge in [0.1, 0.15) is 11.3 Å². The van der Waals surface area contributed by atoms with Crippen LogP contribution in [0.3, 0.4) is 0 Å². The molecule has 0 amide bonds. The van der Waals surface area contributed by atoms with E-state index in [1.165, 1.54) is 19.2 Å². The highest BCUT2D eigenvalue weighted by molar-refractivity contribution is 7.89. The van der Waals surface area contributed by atoms with E-state index in [0.717, 1.165) is 6.07 Å². The summed E-state index contributed by atoms with van der Waals surface area (Å²) in [6.45, 7) is 1.81. The largest absolute Gasteiger partial charge is 0.496 e. The standard InChI is InChI=1S/C14H17NO5S/c1-4-6-10(5-2)15-21(18,19)11-7-8-13(20-3)12(9-11)14(16)17/h1,7-10,15H,5-6H2,2-3H3,(H,16,17). The van der Waals surface area contributed by atoms with Gasteiger partial charge in [0.05, 0.1) is 12.0 Å². The molecule has 2 N–H and O–H groups in total. The molecule has 1 rings (SSSR count). The summed E-state index contributed by atoms with van der Waals surface area (Å²) < 4.78 is 31.8. The topological polar surface area (TPSA) is 92.7 Å². The zero-order valence-corrected chi connectivity index (χ0v) is 12.6. The van der Waals surface area contributed by atoms with Crippen molar-refractivity contribution < 1.29 is 23.1 Å². The number of carboxylic acid groups (broad SMARTS) is 1. The first-order valence-electron chi connectivity index (χ1n) is 6.22. The van der Waals surface area contributed by atoms with Gasteiger partial charge in [-0.25, -0.2) is 17.9 Å². The second-order valence-corrected chi connectivity index (χ2v) is 6.02. The van der Waals surface area contributed by atoms with Gasteiger partial charge < -0.3 is 9.84 Å². The SMILES string of the molecule is C#CCC(CC)NS(=O)(=O)c1ccc(OC)c(C(=O)O)c1. The number of terminal acetylenes is 1. The predicted octanol–water partition coefficient (Wildman–Crippen LogP) is 1.47. The van der Waals surface area contributed by atoms with E-state index in [9.17, 15) is 13.2 Å². The maximum Gasteiger partial charge on any atom is 0.339 e. The minimum Gasteiger partial charge on any atom is -0.496 e. The summed E-state index contributed by atoms with van der Waals surface area (Å²) in [6.07, 6.45) is 5.98. The van der Waals surface area contributed by atoms with E-state index < -0.39 is 22.0 Å². The van der Waals surface area contributed by atoms with Crippen LogP contribution in [0.1, 0.15) is 30.1 Å². The summed E-state index contributed by atoms with van der Waals surface area (Å²) in [7, 11) is -2.53. The maximum absolute atomic E-state index is 12.2. The van der Waals surface area contributed by atoms with Crippen molar-refractivity contribution >= 4 is 16.0 Å². The molecule has 0 aliphatic carbocycles. The average Bonchev–Trinajstić information content (AvgIpc) is 2.45. The molecule has 0 fully saturated rings. The number of methoxy groups -OCH3 is 1. The van der Waals surface area contributed by atoms with Gasteiger partial charge in [0, 0.05) is 12.5 Å². The molecule has 21 heavy (non-hydrogen) atoms. The second kappa shape index (κ2) is 7.11. The van der Waals surface area contributed by atoms with E-state index in [1.807, 2.05) is 0 Å². The molecule has 1 atom stereocenters. The maximum atomic E-state index is 12.2. The van der Waals surface area contributed by atoms with Crippen molar-refractivity contribution in [1.29, 1.82) is 0 Å². The molecule has 0 bridgehead atoms. The first kappa shape index (κ1) is 17.0. The third-order valence-electron chi connectivity index (χ3n) is 2.89. The van der Waals surface area contributed by atoms with Gasteiger partial charge in [-0.3, -0.25) is 0 Å². The van der Waals surface area contributed by atoms with Gasteiger partial charge in [-0.1, -0.05) is 6.92 Å². The zero-order chi connectivity index (χ0) is 16.0. The van der Waals surface area contributed by atoms with E-state index in [2.05, 4.69) is 10.6 Å². The summed E-state index contributed by atoms with van der Waals surface area (Å²) >= 11 is 0. The van der Waals surface area contributed by atoms with E-state index in [-0.39, 0.29) is 22.6 Å². The fraction of sp³-hybridized carbons (Fsp3) is 0.357. The molecule has 0 aliphatic heterocycles. The van der Waals surface area contributed by atoms with E-state index in [1.54, 1.807) is 6.92 Å². The van der Waals surface area contributed by atoms with Crippen molar-refractivity contribution in [3.8, 4) is 18.1 Å². The Labute approximate surface area is 124 Å². The number of rotatable bonds is 7. The van der Waals surface area contributed by atoms with E-state index >= 15 is 0 Å². The average molecular weight is 311 g/mol. The number of nitrogens with one attached hydrogen (secondary N) is 1. The molecule has 114 valence electrons. The van der Waals surface area contributed by atoms with Gasteiger partial charge in [-0.15, -0.1) is 12.3 Å². The van der Waals surface area contributed by atoms with Crippen LogP contribution in [-0.2, 0) is 10.0 Å². The molecule has 0 saturated heterocycles. The summed E-state index contributed by atoms with van der Waals surface area (Å²) in [5.41, 5.74) is -0.217. The predicted molar refractivity (Wildman–Crippen MR) is 77.8 cm³/mol. The van der Waals surface area contributed by atoms with Crippen molar-refractivity contribution in [3.05, 3.63) is 23.8 Å². The van der Waals surface area contributed by atoms with Crippen LogP contribution in [0.2, 0.25) is 0 Å². The molecule has 0 saturated carbocycles. The van der Waals surface area contributed by atoms with Gasteiger partial charge in [-0.2, -0.15) is 0 Å². The lowest BCUT2D eigenvalue weighted by Gasteiger charge is -2.15. The van der Waals surface area contributed by atoms with Crippen LogP contribution in [0.4, 0.5) is 0 Å². The molecule has 0 aliphatic rings. The Hall–Kier alpha value is -2.04. The van der Waals surface area contributed by atoms with Gasteiger partial charge in [0.25, 0.3) is 0 Å². The number of ether oxygens (including phenoxy) is 1. The lowest BCUT2D eigenvalue weighted by atomic mass is 10.2. The molecule has 0 spiro atoms. The highest BCUT2D eigenvalue weighted by Gasteiger charge is 2.21.